The topological polar surface area (TPSA) is 26.0 Å². The molecule has 0 bridgehead atoms. The van der Waals surface area contributed by atoms with Crippen LogP contribution in [0.25, 0.3) is 0 Å². The molecule has 1 aliphatic carbocycles. The minimum absolute atomic E-state index is 0.437. The molecule has 0 aliphatic heterocycles. The summed E-state index contributed by atoms with van der Waals surface area (Å²) in [6.45, 7) is 9.18. The second-order valence-corrected chi connectivity index (χ2v) is 6.81. The van der Waals surface area contributed by atoms with Crippen molar-refractivity contribution in [3.05, 3.63) is 34.9 Å². The van der Waals surface area contributed by atoms with Gasteiger partial charge in [0.2, 0.25) is 0 Å². The highest BCUT2D eigenvalue weighted by atomic mass is 14.6. The average molecular weight is 259 g/mol. The number of rotatable bonds is 3. The Bertz CT molecular complexity index is 412. The van der Waals surface area contributed by atoms with Gasteiger partial charge in [-0.05, 0) is 60.1 Å². The van der Waals surface area contributed by atoms with Crippen LogP contribution in [-0.4, -0.2) is 6.04 Å². The molecule has 1 heteroatoms. The Labute approximate surface area is 118 Å². The first-order valence-electron chi connectivity index (χ1n) is 7.88. The number of hydrogen-bond acceptors (Lipinski definition) is 1. The molecule has 0 amide bonds. The van der Waals surface area contributed by atoms with Crippen molar-refractivity contribution >= 4 is 0 Å². The second-order valence-electron chi connectivity index (χ2n) is 6.81. The highest BCUT2D eigenvalue weighted by Gasteiger charge is 2.23. The van der Waals surface area contributed by atoms with Gasteiger partial charge >= 0.3 is 0 Å². The molecular weight excluding hydrogens is 230 g/mol. The van der Waals surface area contributed by atoms with Crippen LogP contribution >= 0.6 is 0 Å². The van der Waals surface area contributed by atoms with Gasteiger partial charge in [0.15, 0.2) is 0 Å². The molecule has 0 radical (unpaired) electrons. The van der Waals surface area contributed by atoms with Crippen molar-refractivity contribution in [2.45, 2.75) is 77.2 Å². The average Bonchev–Trinajstić information content (AvgIpc) is 2.38. The third kappa shape index (κ3) is 3.39. The molecule has 0 spiro atoms. The minimum atomic E-state index is 0.437. The predicted octanol–water partition coefficient (Wildman–Crippen LogP) is 4.92. The van der Waals surface area contributed by atoms with Gasteiger partial charge in [-0.15, -0.1) is 0 Å². The summed E-state index contributed by atoms with van der Waals surface area (Å²) in [5.41, 5.74) is 10.7. The van der Waals surface area contributed by atoms with Crippen molar-refractivity contribution in [3.8, 4) is 0 Å². The lowest BCUT2D eigenvalue weighted by atomic mass is 9.77. The van der Waals surface area contributed by atoms with Gasteiger partial charge in [0.1, 0.15) is 0 Å². The van der Waals surface area contributed by atoms with E-state index in [0.29, 0.717) is 17.9 Å². The van der Waals surface area contributed by atoms with E-state index in [9.17, 15) is 0 Å². The van der Waals surface area contributed by atoms with Crippen LogP contribution in [0.4, 0.5) is 0 Å². The number of hydrogen-bond donors (Lipinski definition) is 1. The fourth-order valence-electron chi connectivity index (χ4n) is 3.26. The van der Waals surface area contributed by atoms with Crippen LogP contribution in [0.2, 0.25) is 0 Å². The zero-order chi connectivity index (χ0) is 14.0. The van der Waals surface area contributed by atoms with E-state index in [0.717, 1.165) is 5.92 Å². The van der Waals surface area contributed by atoms with Gasteiger partial charge in [0.05, 0.1) is 0 Å². The molecule has 1 aromatic carbocycles. The summed E-state index contributed by atoms with van der Waals surface area (Å²) in [6, 6.07) is 7.59. The van der Waals surface area contributed by atoms with Gasteiger partial charge in [-0.25, -0.2) is 0 Å². The second kappa shape index (κ2) is 6.09. The molecule has 1 fully saturated rings. The molecule has 1 saturated carbocycles. The predicted molar refractivity (Wildman–Crippen MR) is 83.8 cm³/mol. The lowest BCUT2D eigenvalue weighted by molar-refractivity contribution is 0.393. The molecule has 106 valence electrons. The van der Waals surface area contributed by atoms with Crippen molar-refractivity contribution in [1.82, 2.24) is 0 Å². The summed E-state index contributed by atoms with van der Waals surface area (Å²) >= 11 is 0. The minimum Gasteiger partial charge on any atom is -0.328 e. The van der Waals surface area contributed by atoms with E-state index < -0.39 is 0 Å². The summed E-state index contributed by atoms with van der Waals surface area (Å²) in [4.78, 5) is 0. The van der Waals surface area contributed by atoms with Crippen molar-refractivity contribution in [3.63, 3.8) is 0 Å². The van der Waals surface area contributed by atoms with Gasteiger partial charge in [0, 0.05) is 6.04 Å². The van der Waals surface area contributed by atoms with E-state index in [4.69, 9.17) is 5.73 Å². The summed E-state index contributed by atoms with van der Waals surface area (Å²) in [5.74, 6) is 1.97. The Morgan fingerprint density at radius 1 is 0.947 bits per heavy atom. The lowest BCUT2D eigenvalue weighted by Crippen LogP contribution is -2.26. The summed E-state index contributed by atoms with van der Waals surface area (Å²) in [5, 5.41) is 0. The van der Waals surface area contributed by atoms with Crippen LogP contribution < -0.4 is 5.73 Å². The highest BCUT2D eigenvalue weighted by Crippen LogP contribution is 2.37. The monoisotopic (exact) mass is 259 g/mol. The summed E-state index contributed by atoms with van der Waals surface area (Å²) in [7, 11) is 0. The Hall–Kier alpha value is -0.820. The first-order valence-corrected chi connectivity index (χ1v) is 7.88. The normalized spacial score (nSPS) is 24.2. The molecule has 0 unspecified atom stereocenters. The summed E-state index contributed by atoms with van der Waals surface area (Å²) < 4.78 is 0. The molecular formula is C18H29N. The van der Waals surface area contributed by atoms with Gasteiger partial charge in [-0.3, -0.25) is 0 Å². The van der Waals surface area contributed by atoms with Crippen molar-refractivity contribution in [2.75, 3.05) is 0 Å². The van der Waals surface area contributed by atoms with E-state index in [2.05, 4.69) is 45.9 Å². The van der Waals surface area contributed by atoms with E-state index in [1.165, 1.54) is 31.2 Å². The fourth-order valence-corrected chi connectivity index (χ4v) is 3.26. The van der Waals surface area contributed by atoms with E-state index >= 15 is 0 Å². The van der Waals surface area contributed by atoms with Gasteiger partial charge in [-0.2, -0.15) is 0 Å². The van der Waals surface area contributed by atoms with E-state index in [1.807, 2.05) is 0 Å². The Morgan fingerprint density at radius 3 is 2.11 bits per heavy atom. The maximum absolute atomic E-state index is 6.05. The largest absolute Gasteiger partial charge is 0.328 e. The Kier molecular flexibility index (Phi) is 4.67. The van der Waals surface area contributed by atoms with E-state index in [-0.39, 0.29) is 0 Å². The van der Waals surface area contributed by atoms with Gasteiger partial charge in [0.25, 0.3) is 0 Å². The first-order chi connectivity index (χ1) is 8.99. The zero-order valence-corrected chi connectivity index (χ0v) is 12.9. The van der Waals surface area contributed by atoms with Crippen molar-refractivity contribution in [2.24, 2.45) is 5.73 Å². The quantitative estimate of drug-likeness (QED) is 0.819. The molecule has 0 aromatic heterocycles. The lowest BCUT2D eigenvalue weighted by Gasteiger charge is -2.29. The maximum Gasteiger partial charge on any atom is 0.00392 e. The highest BCUT2D eigenvalue weighted by molar-refractivity contribution is 5.38. The van der Waals surface area contributed by atoms with Crippen LogP contribution in [0.5, 0.6) is 0 Å². The summed E-state index contributed by atoms with van der Waals surface area (Å²) in [6.07, 6.45) is 4.91. The molecule has 0 atom stereocenters. The third-order valence-electron chi connectivity index (χ3n) is 4.61. The fraction of sp³-hybridized carbons (Fsp3) is 0.667. The van der Waals surface area contributed by atoms with Crippen LogP contribution in [0.1, 0.15) is 87.8 Å². The molecule has 0 heterocycles. The Balaban J connectivity index is 2.32. The van der Waals surface area contributed by atoms with Crippen LogP contribution in [-0.2, 0) is 0 Å². The van der Waals surface area contributed by atoms with Crippen LogP contribution in [0.15, 0.2) is 18.2 Å². The molecule has 19 heavy (non-hydrogen) atoms. The number of nitrogens with two attached hydrogens (primary N) is 1. The molecule has 1 aliphatic rings. The standard InChI is InChI=1S/C18H29N/c1-12(2)15-7-10-17(13(3)4)18(11-15)14-5-8-16(19)9-6-14/h7,10-14,16H,5-6,8-9,19H2,1-4H3. The Morgan fingerprint density at radius 2 is 1.58 bits per heavy atom. The smallest absolute Gasteiger partial charge is 0.00392 e. The van der Waals surface area contributed by atoms with Crippen LogP contribution in [0, 0.1) is 0 Å². The molecule has 2 N–H and O–H groups in total. The van der Waals surface area contributed by atoms with Gasteiger partial charge < -0.3 is 5.73 Å². The van der Waals surface area contributed by atoms with Gasteiger partial charge in [-0.1, -0.05) is 45.9 Å². The molecule has 2 rings (SSSR count). The maximum atomic E-state index is 6.05. The zero-order valence-electron chi connectivity index (χ0n) is 12.9. The van der Waals surface area contributed by atoms with Crippen LogP contribution in [0.3, 0.4) is 0 Å². The first kappa shape index (κ1) is 14.6. The molecule has 1 aromatic rings. The van der Waals surface area contributed by atoms with Crippen molar-refractivity contribution < 1.29 is 0 Å². The molecule has 0 saturated heterocycles. The number of benzene rings is 1. The third-order valence-corrected chi connectivity index (χ3v) is 4.61. The van der Waals surface area contributed by atoms with E-state index in [1.54, 1.807) is 11.1 Å². The SMILES string of the molecule is CC(C)c1ccc(C(C)C)c(C2CCC(N)CC2)c1. The van der Waals surface area contributed by atoms with Crippen molar-refractivity contribution in [1.29, 1.82) is 0 Å². The molecule has 1 nitrogen and oxygen atoms in total.